The van der Waals surface area contributed by atoms with Gasteiger partial charge in [-0.3, -0.25) is 0 Å². The summed E-state index contributed by atoms with van der Waals surface area (Å²) in [6.45, 7) is 0. The van der Waals surface area contributed by atoms with E-state index < -0.39 is 0 Å². The van der Waals surface area contributed by atoms with Crippen molar-refractivity contribution < 1.29 is 4.79 Å². The van der Waals surface area contributed by atoms with Gasteiger partial charge in [-0.15, -0.1) is 0 Å². The zero-order chi connectivity index (χ0) is 7.84. The van der Waals surface area contributed by atoms with Crippen LogP contribution in [-0.4, -0.2) is 12.1 Å². The molecule has 3 heteroatoms. The fourth-order valence-electron chi connectivity index (χ4n) is 1.97. The molecule has 0 radical (unpaired) electrons. The van der Waals surface area contributed by atoms with Crippen LogP contribution in [0.25, 0.3) is 0 Å². The first kappa shape index (κ1) is 6.70. The van der Waals surface area contributed by atoms with Crippen LogP contribution < -0.4 is 11.1 Å². The number of nitrogens with one attached hydrogen (secondary N) is 1. The summed E-state index contributed by atoms with van der Waals surface area (Å²) in [5, 5.41) is 2.76. The highest BCUT2D eigenvalue weighted by Gasteiger charge is 2.49. The van der Waals surface area contributed by atoms with Crippen molar-refractivity contribution in [2.75, 3.05) is 0 Å². The lowest BCUT2D eigenvalue weighted by Gasteiger charge is -1.96. The Bertz CT molecular complexity index is 198. The maximum absolute atomic E-state index is 10.5. The average Bonchev–Trinajstić information content (AvgIpc) is 2.64. The van der Waals surface area contributed by atoms with E-state index in [1.54, 1.807) is 0 Å². The molecule has 2 aliphatic rings. The predicted molar refractivity (Wildman–Crippen MR) is 41.9 cm³/mol. The third kappa shape index (κ3) is 1.11. The molecule has 0 spiro atoms. The minimum absolute atomic E-state index is 0.363. The number of hydrogen-bond acceptors (Lipinski definition) is 1. The second-order valence-electron chi connectivity index (χ2n) is 3.30. The van der Waals surface area contributed by atoms with Crippen molar-refractivity contribution in [1.29, 1.82) is 0 Å². The highest BCUT2D eigenvalue weighted by atomic mass is 16.2. The molecule has 3 nitrogen and oxygen atoms in total. The van der Waals surface area contributed by atoms with Crippen LogP contribution in [0.15, 0.2) is 12.2 Å². The lowest BCUT2D eigenvalue weighted by molar-refractivity contribution is 0.248. The van der Waals surface area contributed by atoms with Crippen LogP contribution >= 0.6 is 0 Å². The lowest BCUT2D eigenvalue weighted by Crippen LogP contribution is -2.32. The van der Waals surface area contributed by atoms with Gasteiger partial charge in [0, 0.05) is 6.04 Å². The van der Waals surface area contributed by atoms with Crippen LogP contribution in [0.1, 0.15) is 12.8 Å². The Balaban J connectivity index is 1.89. The van der Waals surface area contributed by atoms with Gasteiger partial charge in [-0.25, -0.2) is 4.79 Å². The van der Waals surface area contributed by atoms with Gasteiger partial charge in [0.05, 0.1) is 0 Å². The fraction of sp³-hybridized carbons (Fsp3) is 0.625. The van der Waals surface area contributed by atoms with Gasteiger partial charge in [0.15, 0.2) is 0 Å². The molecule has 3 atom stereocenters. The zero-order valence-corrected chi connectivity index (χ0v) is 6.29. The number of urea groups is 1. The molecule has 1 fully saturated rings. The van der Waals surface area contributed by atoms with Gasteiger partial charge in [-0.2, -0.15) is 0 Å². The summed E-state index contributed by atoms with van der Waals surface area (Å²) < 4.78 is 0. The predicted octanol–water partition coefficient (Wildman–Crippen LogP) is 0.619. The van der Waals surface area contributed by atoms with Crippen LogP contribution in [0.4, 0.5) is 4.79 Å². The Labute approximate surface area is 65.6 Å². The van der Waals surface area contributed by atoms with E-state index in [4.69, 9.17) is 5.73 Å². The van der Waals surface area contributed by atoms with Gasteiger partial charge in [0.1, 0.15) is 0 Å². The average molecular weight is 152 g/mol. The number of allylic oxidation sites excluding steroid dienone is 2. The molecule has 60 valence electrons. The van der Waals surface area contributed by atoms with E-state index >= 15 is 0 Å². The summed E-state index contributed by atoms with van der Waals surface area (Å²) in [5.74, 6) is 1.35. The molecule has 0 aromatic rings. The normalized spacial score (nSPS) is 39.5. The third-order valence-corrected chi connectivity index (χ3v) is 2.62. The van der Waals surface area contributed by atoms with Crippen LogP contribution in [0, 0.1) is 11.8 Å². The van der Waals surface area contributed by atoms with Gasteiger partial charge in [-0.05, 0) is 24.7 Å². The fourth-order valence-corrected chi connectivity index (χ4v) is 1.97. The number of primary amides is 1. The molecule has 0 aliphatic heterocycles. The van der Waals surface area contributed by atoms with Crippen molar-refractivity contribution in [2.45, 2.75) is 18.9 Å². The van der Waals surface area contributed by atoms with Crippen molar-refractivity contribution >= 4 is 6.03 Å². The van der Waals surface area contributed by atoms with Crippen molar-refractivity contribution in [3.8, 4) is 0 Å². The molecule has 3 N–H and O–H groups in total. The molecule has 0 saturated heterocycles. The topological polar surface area (TPSA) is 55.1 Å². The first-order valence-corrected chi connectivity index (χ1v) is 4.00. The summed E-state index contributed by atoms with van der Waals surface area (Å²) in [6.07, 6.45) is 6.58. The number of amides is 2. The maximum Gasteiger partial charge on any atom is 0.312 e. The highest BCUT2D eigenvalue weighted by molar-refractivity contribution is 5.72. The Morgan fingerprint density at radius 3 is 2.36 bits per heavy atom. The zero-order valence-electron chi connectivity index (χ0n) is 6.29. The largest absolute Gasteiger partial charge is 0.352 e. The summed E-state index contributed by atoms with van der Waals surface area (Å²) in [6, 6.07) is -0.0214. The molecule has 2 amide bonds. The molecule has 2 aliphatic carbocycles. The molecular formula is C8H12N2O. The summed E-state index contributed by atoms with van der Waals surface area (Å²) >= 11 is 0. The molecular weight excluding hydrogens is 140 g/mol. The Kier molecular flexibility index (Phi) is 1.37. The molecule has 2 rings (SSSR count). The van der Waals surface area contributed by atoms with E-state index in [1.807, 2.05) is 0 Å². The first-order valence-electron chi connectivity index (χ1n) is 4.00. The molecule has 1 unspecified atom stereocenters. The molecule has 0 aromatic heterocycles. The minimum atomic E-state index is -0.385. The monoisotopic (exact) mass is 152 g/mol. The Morgan fingerprint density at radius 1 is 1.36 bits per heavy atom. The quantitative estimate of drug-likeness (QED) is 0.532. The molecule has 1 saturated carbocycles. The maximum atomic E-state index is 10.5. The van der Waals surface area contributed by atoms with Gasteiger partial charge >= 0.3 is 6.03 Å². The number of hydrogen-bond donors (Lipinski definition) is 2. The molecule has 0 bridgehead atoms. The molecule has 0 heterocycles. The van der Waals surface area contributed by atoms with E-state index in [0.29, 0.717) is 17.9 Å². The van der Waals surface area contributed by atoms with Crippen LogP contribution in [0.3, 0.4) is 0 Å². The summed E-state index contributed by atoms with van der Waals surface area (Å²) in [4.78, 5) is 10.5. The van der Waals surface area contributed by atoms with E-state index in [9.17, 15) is 4.79 Å². The Morgan fingerprint density at radius 2 is 1.91 bits per heavy atom. The van der Waals surface area contributed by atoms with Gasteiger partial charge in [-0.1, -0.05) is 12.2 Å². The first-order chi connectivity index (χ1) is 5.29. The standard InChI is InChI=1S/C8H12N2O/c9-8(11)10-7-5-3-1-2-4-6(5)7/h1-2,5-7H,3-4H2,(H3,9,10,11)/t5-,6+,7?. The molecule has 11 heavy (non-hydrogen) atoms. The number of nitrogens with two attached hydrogens (primary N) is 1. The number of carbonyl (C=O) groups is 1. The van der Waals surface area contributed by atoms with E-state index in [1.165, 1.54) is 0 Å². The highest BCUT2D eigenvalue weighted by Crippen LogP contribution is 2.47. The van der Waals surface area contributed by atoms with Gasteiger partial charge in [0.25, 0.3) is 0 Å². The number of fused-ring (bicyclic) bond motifs is 1. The smallest absolute Gasteiger partial charge is 0.312 e. The second kappa shape index (κ2) is 2.26. The van der Waals surface area contributed by atoms with Crippen LogP contribution in [0.5, 0.6) is 0 Å². The Hall–Kier alpha value is -0.990. The summed E-state index contributed by atoms with van der Waals surface area (Å²) in [5.41, 5.74) is 5.02. The van der Waals surface area contributed by atoms with Crippen molar-refractivity contribution in [1.82, 2.24) is 5.32 Å². The SMILES string of the molecule is NC(=O)NC1[C@H]2CC=CC[C@@H]12. The van der Waals surface area contributed by atoms with E-state index in [2.05, 4.69) is 17.5 Å². The lowest BCUT2D eigenvalue weighted by atomic mass is 10.1. The minimum Gasteiger partial charge on any atom is -0.352 e. The third-order valence-electron chi connectivity index (χ3n) is 2.62. The summed E-state index contributed by atoms with van der Waals surface area (Å²) in [7, 11) is 0. The van der Waals surface area contributed by atoms with Gasteiger partial charge < -0.3 is 11.1 Å². The van der Waals surface area contributed by atoms with E-state index in [0.717, 1.165) is 12.8 Å². The van der Waals surface area contributed by atoms with Crippen molar-refractivity contribution in [3.63, 3.8) is 0 Å². The van der Waals surface area contributed by atoms with E-state index in [-0.39, 0.29) is 6.03 Å². The van der Waals surface area contributed by atoms with Crippen LogP contribution in [0.2, 0.25) is 0 Å². The number of rotatable bonds is 1. The van der Waals surface area contributed by atoms with Gasteiger partial charge in [0.2, 0.25) is 0 Å². The number of carbonyl (C=O) groups excluding carboxylic acids is 1. The molecule has 0 aromatic carbocycles. The van der Waals surface area contributed by atoms with Crippen molar-refractivity contribution in [3.05, 3.63) is 12.2 Å². The second-order valence-corrected chi connectivity index (χ2v) is 3.30. The van der Waals surface area contributed by atoms with Crippen LogP contribution in [-0.2, 0) is 0 Å². The van der Waals surface area contributed by atoms with Crippen molar-refractivity contribution in [2.24, 2.45) is 17.6 Å².